The summed E-state index contributed by atoms with van der Waals surface area (Å²) in [5, 5.41) is 22.2. The van der Waals surface area contributed by atoms with E-state index < -0.39 is 0 Å². The van der Waals surface area contributed by atoms with Gasteiger partial charge in [0, 0.05) is 17.6 Å². The average molecular weight is 390 g/mol. The lowest BCUT2D eigenvalue weighted by atomic mass is 10.1. The van der Waals surface area contributed by atoms with Gasteiger partial charge in [0.1, 0.15) is 11.5 Å². The van der Waals surface area contributed by atoms with Crippen molar-refractivity contribution in [3.8, 4) is 11.5 Å². The molecule has 2 aromatic carbocycles. The van der Waals surface area contributed by atoms with E-state index in [-0.39, 0.29) is 17.8 Å². The second-order valence-electron chi connectivity index (χ2n) is 6.33. The van der Waals surface area contributed by atoms with Crippen molar-refractivity contribution < 1.29 is 13.2 Å². The fraction of sp³-hybridized carbons (Fsp3) is 0.0500. The van der Waals surface area contributed by atoms with Crippen molar-refractivity contribution in [3.63, 3.8) is 0 Å². The molecule has 0 unspecified atom stereocenters. The number of aromatic amines is 1. The molecular formula is C20H15FN6O2. The molecule has 3 aromatic heterocycles. The first-order valence-corrected chi connectivity index (χ1v) is 8.85. The standard InChI is InChI=1S/C20H15FN6O2/c21-13-4-1-3-12(9-13)11-22-19-26-27-20(29-19)23-14-6-7-16-15(10-14)18(25-24-16)17-5-2-8-28-17/h1-10H,11H2,(H,22,26)(H,23,27)(H,24,25). The summed E-state index contributed by atoms with van der Waals surface area (Å²) in [6, 6.07) is 16.1. The number of anilines is 3. The number of nitrogens with zero attached hydrogens (tertiary/aromatic N) is 3. The maximum absolute atomic E-state index is 13.2. The molecule has 0 saturated heterocycles. The summed E-state index contributed by atoms with van der Waals surface area (Å²) in [7, 11) is 0. The summed E-state index contributed by atoms with van der Waals surface area (Å²) in [4.78, 5) is 0. The predicted octanol–water partition coefficient (Wildman–Crippen LogP) is 4.70. The molecule has 0 aliphatic rings. The van der Waals surface area contributed by atoms with Gasteiger partial charge in [0.15, 0.2) is 5.76 Å². The monoisotopic (exact) mass is 390 g/mol. The molecule has 144 valence electrons. The SMILES string of the molecule is Fc1cccc(CNc2nnc(Nc3ccc4[nH]nc(-c5ccco5)c4c3)o2)c1. The predicted molar refractivity (Wildman–Crippen MR) is 105 cm³/mol. The topological polar surface area (TPSA) is 105 Å². The van der Waals surface area contributed by atoms with Crippen LogP contribution < -0.4 is 10.6 Å². The molecule has 0 amide bonds. The number of furan rings is 1. The minimum atomic E-state index is -0.291. The molecule has 8 nitrogen and oxygen atoms in total. The van der Waals surface area contributed by atoms with Crippen LogP contribution in [0.2, 0.25) is 0 Å². The van der Waals surface area contributed by atoms with Crippen molar-refractivity contribution in [2.45, 2.75) is 6.54 Å². The van der Waals surface area contributed by atoms with E-state index in [9.17, 15) is 4.39 Å². The highest BCUT2D eigenvalue weighted by Crippen LogP contribution is 2.29. The van der Waals surface area contributed by atoms with E-state index in [0.29, 0.717) is 12.3 Å². The molecule has 29 heavy (non-hydrogen) atoms. The van der Waals surface area contributed by atoms with Crippen LogP contribution in [0, 0.1) is 5.82 Å². The summed E-state index contributed by atoms with van der Waals surface area (Å²) in [6.45, 7) is 0.368. The number of halogens is 1. The highest BCUT2D eigenvalue weighted by Gasteiger charge is 2.12. The number of fused-ring (bicyclic) bond motifs is 1. The normalized spacial score (nSPS) is 11.1. The van der Waals surface area contributed by atoms with Crippen LogP contribution in [0.5, 0.6) is 0 Å². The van der Waals surface area contributed by atoms with Gasteiger partial charge in [-0.3, -0.25) is 5.10 Å². The number of H-pyrrole nitrogens is 1. The molecule has 0 radical (unpaired) electrons. The van der Waals surface area contributed by atoms with Gasteiger partial charge in [0.2, 0.25) is 0 Å². The second-order valence-corrected chi connectivity index (χ2v) is 6.33. The Morgan fingerprint density at radius 1 is 1.00 bits per heavy atom. The summed E-state index contributed by atoms with van der Waals surface area (Å²) in [6.07, 6.45) is 1.61. The van der Waals surface area contributed by atoms with Gasteiger partial charge < -0.3 is 19.5 Å². The minimum absolute atomic E-state index is 0.231. The Hall–Kier alpha value is -4.14. The molecule has 5 rings (SSSR count). The molecule has 0 aliphatic heterocycles. The van der Waals surface area contributed by atoms with E-state index in [2.05, 4.69) is 31.0 Å². The van der Waals surface area contributed by atoms with Crippen LogP contribution in [-0.2, 0) is 6.54 Å². The Kier molecular flexibility index (Phi) is 4.17. The molecule has 3 heterocycles. The average Bonchev–Trinajstić information content (AvgIpc) is 3.47. The Labute approximate surface area is 163 Å². The van der Waals surface area contributed by atoms with Crippen molar-refractivity contribution in [2.75, 3.05) is 10.6 Å². The highest BCUT2D eigenvalue weighted by molar-refractivity contribution is 5.94. The van der Waals surface area contributed by atoms with E-state index >= 15 is 0 Å². The fourth-order valence-corrected chi connectivity index (χ4v) is 2.99. The lowest BCUT2D eigenvalue weighted by molar-refractivity contribution is 0.580. The van der Waals surface area contributed by atoms with E-state index in [1.807, 2.05) is 36.4 Å². The zero-order valence-corrected chi connectivity index (χ0v) is 15.0. The number of nitrogens with one attached hydrogen (secondary N) is 3. The fourth-order valence-electron chi connectivity index (χ4n) is 2.99. The lowest BCUT2D eigenvalue weighted by Crippen LogP contribution is -1.99. The van der Waals surface area contributed by atoms with Crippen molar-refractivity contribution in [2.24, 2.45) is 0 Å². The van der Waals surface area contributed by atoms with Crippen molar-refractivity contribution in [1.82, 2.24) is 20.4 Å². The molecule has 0 fully saturated rings. The molecule has 0 saturated carbocycles. The molecule has 0 aliphatic carbocycles. The van der Waals surface area contributed by atoms with Crippen LogP contribution in [0.25, 0.3) is 22.4 Å². The van der Waals surface area contributed by atoms with Crippen molar-refractivity contribution >= 4 is 28.6 Å². The summed E-state index contributed by atoms with van der Waals surface area (Å²) in [5.74, 6) is 0.385. The first kappa shape index (κ1) is 17.0. The third kappa shape index (κ3) is 3.53. The van der Waals surface area contributed by atoms with E-state index in [4.69, 9.17) is 8.83 Å². The lowest BCUT2D eigenvalue weighted by Gasteiger charge is -2.03. The van der Waals surface area contributed by atoms with Gasteiger partial charge in [0.05, 0.1) is 11.8 Å². The maximum atomic E-state index is 13.2. The molecular weight excluding hydrogens is 375 g/mol. The van der Waals surface area contributed by atoms with Crippen LogP contribution in [-0.4, -0.2) is 20.4 Å². The van der Waals surface area contributed by atoms with Crippen LogP contribution in [0.3, 0.4) is 0 Å². The second kappa shape index (κ2) is 7.12. The van der Waals surface area contributed by atoms with Gasteiger partial charge >= 0.3 is 12.0 Å². The van der Waals surface area contributed by atoms with Crippen LogP contribution in [0.4, 0.5) is 22.1 Å². The van der Waals surface area contributed by atoms with E-state index in [1.165, 1.54) is 12.1 Å². The van der Waals surface area contributed by atoms with Crippen LogP contribution >= 0.6 is 0 Å². The molecule has 5 aromatic rings. The number of aromatic nitrogens is 4. The Balaban J connectivity index is 1.32. The third-order valence-corrected chi connectivity index (χ3v) is 4.33. The van der Waals surface area contributed by atoms with Crippen LogP contribution in [0.15, 0.2) is 69.7 Å². The number of hydrogen-bond acceptors (Lipinski definition) is 7. The number of benzene rings is 2. The zero-order chi connectivity index (χ0) is 19.6. The molecule has 0 bridgehead atoms. The molecule has 0 atom stereocenters. The van der Waals surface area contributed by atoms with Gasteiger partial charge in [-0.2, -0.15) is 5.10 Å². The Morgan fingerprint density at radius 3 is 2.79 bits per heavy atom. The number of hydrogen-bond donors (Lipinski definition) is 3. The first-order chi connectivity index (χ1) is 14.2. The van der Waals surface area contributed by atoms with Crippen molar-refractivity contribution in [1.29, 1.82) is 0 Å². The highest BCUT2D eigenvalue weighted by atomic mass is 19.1. The van der Waals surface area contributed by atoms with Gasteiger partial charge in [0.25, 0.3) is 0 Å². The number of rotatable bonds is 6. The minimum Gasteiger partial charge on any atom is -0.463 e. The quantitative estimate of drug-likeness (QED) is 0.386. The summed E-state index contributed by atoms with van der Waals surface area (Å²) >= 11 is 0. The summed E-state index contributed by atoms with van der Waals surface area (Å²) in [5.41, 5.74) is 3.13. The van der Waals surface area contributed by atoms with Crippen LogP contribution in [0.1, 0.15) is 5.56 Å². The van der Waals surface area contributed by atoms with E-state index in [1.54, 1.807) is 12.3 Å². The summed E-state index contributed by atoms with van der Waals surface area (Å²) < 4.78 is 24.2. The largest absolute Gasteiger partial charge is 0.463 e. The van der Waals surface area contributed by atoms with Gasteiger partial charge in [-0.1, -0.05) is 22.3 Å². The van der Waals surface area contributed by atoms with Gasteiger partial charge in [-0.05, 0) is 48.0 Å². The smallest absolute Gasteiger partial charge is 0.321 e. The molecule has 0 spiro atoms. The van der Waals surface area contributed by atoms with Gasteiger partial charge in [-0.15, -0.1) is 0 Å². The first-order valence-electron chi connectivity index (χ1n) is 8.85. The maximum Gasteiger partial charge on any atom is 0.321 e. The molecule has 3 N–H and O–H groups in total. The van der Waals surface area contributed by atoms with E-state index in [0.717, 1.165) is 27.8 Å². The van der Waals surface area contributed by atoms with Crippen molar-refractivity contribution in [3.05, 3.63) is 72.2 Å². The Morgan fingerprint density at radius 2 is 1.93 bits per heavy atom. The Bertz CT molecular complexity index is 1260. The third-order valence-electron chi connectivity index (χ3n) is 4.33. The van der Waals surface area contributed by atoms with Gasteiger partial charge in [-0.25, -0.2) is 4.39 Å². The zero-order valence-electron chi connectivity index (χ0n) is 15.0. The molecule has 9 heteroatoms.